The molecule has 0 spiro atoms. The molecule has 0 unspecified atom stereocenters. The van der Waals surface area contributed by atoms with Crippen molar-refractivity contribution in [3.05, 3.63) is 58.1 Å². The van der Waals surface area contributed by atoms with Crippen LogP contribution in [0.1, 0.15) is 23.9 Å². The van der Waals surface area contributed by atoms with E-state index in [2.05, 4.69) is 15.5 Å². The first kappa shape index (κ1) is 16.5. The summed E-state index contributed by atoms with van der Waals surface area (Å²) in [6.45, 7) is 3.58. The molecule has 0 aliphatic carbocycles. The number of aryl methyl sites for hydroxylation is 1. The number of benzene rings is 1. The third kappa shape index (κ3) is 2.59. The van der Waals surface area contributed by atoms with E-state index in [9.17, 15) is 9.59 Å². The second-order valence-electron chi connectivity index (χ2n) is 6.29. The molecule has 3 amide bonds. The minimum Gasteiger partial charge on any atom is -0.337 e. The fourth-order valence-corrected chi connectivity index (χ4v) is 3.74. The van der Waals surface area contributed by atoms with E-state index in [-0.39, 0.29) is 18.3 Å². The Balaban J connectivity index is 1.58. The fourth-order valence-electron chi connectivity index (χ4n) is 2.97. The van der Waals surface area contributed by atoms with Gasteiger partial charge in [-0.05, 0) is 41.8 Å². The first-order valence-corrected chi connectivity index (χ1v) is 8.99. The average Bonchev–Trinajstić information content (AvgIpc) is 3.34. The zero-order chi connectivity index (χ0) is 18.3. The molecule has 4 rings (SSSR count). The molecule has 26 heavy (non-hydrogen) atoms. The molecule has 1 N–H and O–H groups in total. The topological polar surface area (TPSA) is 88.3 Å². The predicted octanol–water partition coefficient (Wildman–Crippen LogP) is 3.07. The number of carbonyl (C=O) groups excluding carboxylic acids is 2. The van der Waals surface area contributed by atoms with Gasteiger partial charge in [0.2, 0.25) is 11.7 Å². The molecule has 8 heteroatoms. The average molecular weight is 368 g/mol. The Bertz CT molecular complexity index is 982. The molecule has 3 heterocycles. The highest BCUT2D eigenvalue weighted by Gasteiger charge is 2.49. The van der Waals surface area contributed by atoms with E-state index in [1.807, 2.05) is 48.0 Å². The summed E-state index contributed by atoms with van der Waals surface area (Å²) >= 11 is 1.47. The van der Waals surface area contributed by atoms with Crippen molar-refractivity contribution in [1.82, 2.24) is 20.4 Å². The molecule has 0 saturated carbocycles. The molecule has 7 nitrogen and oxygen atoms in total. The number of carbonyl (C=O) groups is 2. The minimum absolute atomic E-state index is 0.0662. The van der Waals surface area contributed by atoms with Gasteiger partial charge < -0.3 is 9.84 Å². The van der Waals surface area contributed by atoms with Crippen LogP contribution in [0.2, 0.25) is 0 Å². The van der Waals surface area contributed by atoms with Crippen molar-refractivity contribution in [3.63, 3.8) is 0 Å². The van der Waals surface area contributed by atoms with Crippen LogP contribution in [0.25, 0.3) is 11.4 Å². The molecular formula is C18H16N4O3S. The van der Waals surface area contributed by atoms with Crippen LogP contribution < -0.4 is 5.32 Å². The normalized spacial score (nSPS) is 19.8. The molecule has 0 bridgehead atoms. The molecule has 1 atom stereocenters. The maximum atomic E-state index is 12.8. The van der Waals surface area contributed by atoms with E-state index >= 15 is 0 Å². The maximum Gasteiger partial charge on any atom is 0.325 e. The zero-order valence-corrected chi connectivity index (χ0v) is 15.0. The third-order valence-corrected chi connectivity index (χ3v) is 5.20. The molecule has 0 radical (unpaired) electrons. The summed E-state index contributed by atoms with van der Waals surface area (Å²) in [4.78, 5) is 30.6. The largest absolute Gasteiger partial charge is 0.337 e. The Hall–Kier alpha value is -3.00. The zero-order valence-electron chi connectivity index (χ0n) is 14.2. The van der Waals surface area contributed by atoms with Crippen molar-refractivity contribution < 1.29 is 14.1 Å². The number of nitrogens with one attached hydrogen (secondary N) is 1. The van der Waals surface area contributed by atoms with Crippen LogP contribution in [-0.2, 0) is 16.9 Å². The van der Waals surface area contributed by atoms with Crippen molar-refractivity contribution in [1.29, 1.82) is 0 Å². The fraction of sp³-hybridized carbons (Fsp3) is 0.222. The van der Waals surface area contributed by atoms with Gasteiger partial charge in [-0.3, -0.25) is 9.69 Å². The lowest BCUT2D eigenvalue weighted by Crippen LogP contribution is -2.40. The number of thiophene rings is 1. The predicted molar refractivity (Wildman–Crippen MR) is 95.2 cm³/mol. The van der Waals surface area contributed by atoms with Crippen molar-refractivity contribution >= 4 is 23.3 Å². The Kier molecular flexibility index (Phi) is 3.84. The van der Waals surface area contributed by atoms with Crippen LogP contribution in [0, 0.1) is 6.92 Å². The van der Waals surface area contributed by atoms with Crippen LogP contribution in [0.5, 0.6) is 0 Å². The molecule has 3 aromatic rings. The highest BCUT2D eigenvalue weighted by Crippen LogP contribution is 2.31. The van der Waals surface area contributed by atoms with Gasteiger partial charge in [-0.2, -0.15) is 16.3 Å². The minimum atomic E-state index is -1.07. The van der Waals surface area contributed by atoms with Crippen LogP contribution >= 0.6 is 11.3 Å². The quantitative estimate of drug-likeness (QED) is 0.715. The highest BCUT2D eigenvalue weighted by molar-refractivity contribution is 7.08. The van der Waals surface area contributed by atoms with E-state index in [1.165, 1.54) is 11.3 Å². The summed E-state index contributed by atoms with van der Waals surface area (Å²) in [6, 6.07) is 9.02. The lowest BCUT2D eigenvalue weighted by Gasteiger charge is -2.20. The first-order chi connectivity index (χ1) is 12.5. The number of hydrogen-bond donors (Lipinski definition) is 1. The van der Waals surface area contributed by atoms with Gasteiger partial charge in [0, 0.05) is 5.56 Å². The van der Waals surface area contributed by atoms with E-state index in [4.69, 9.17) is 4.52 Å². The van der Waals surface area contributed by atoms with Gasteiger partial charge in [0.1, 0.15) is 12.1 Å². The molecule has 1 fully saturated rings. The Morgan fingerprint density at radius 2 is 2.08 bits per heavy atom. The van der Waals surface area contributed by atoms with Gasteiger partial charge in [-0.15, -0.1) is 0 Å². The second-order valence-corrected chi connectivity index (χ2v) is 7.07. The van der Waals surface area contributed by atoms with E-state index in [0.717, 1.165) is 21.6 Å². The third-order valence-electron chi connectivity index (χ3n) is 4.52. The second kappa shape index (κ2) is 6.06. The van der Waals surface area contributed by atoms with Gasteiger partial charge in [0.15, 0.2) is 0 Å². The van der Waals surface area contributed by atoms with Gasteiger partial charge in [0.25, 0.3) is 5.91 Å². The Morgan fingerprint density at radius 3 is 2.81 bits per heavy atom. The van der Waals surface area contributed by atoms with Crippen LogP contribution in [0.3, 0.4) is 0 Å². The van der Waals surface area contributed by atoms with Gasteiger partial charge >= 0.3 is 6.03 Å². The first-order valence-electron chi connectivity index (χ1n) is 8.04. The Labute approximate surface area is 153 Å². The smallest absolute Gasteiger partial charge is 0.325 e. The van der Waals surface area contributed by atoms with Crippen molar-refractivity contribution in [3.8, 4) is 11.4 Å². The van der Waals surface area contributed by atoms with Gasteiger partial charge in [-0.1, -0.05) is 29.4 Å². The summed E-state index contributed by atoms with van der Waals surface area (Å²) in [5, 5.41) is 10.4. The van der Waals surface area contributed by atoms with E-state index < -0.39 is 11.6 Å². The summed E-state index contributed by atoms with van der Waals surface area (Å²) in [5.74, 6) is 0.309. The molecule has 2 aromatic heterocycles. The maximum absolute atomic E-state index is 12.8. The lowest BCUT2D eigenvalue weighted by molar-refractivity contribution is -0.131. The van der Waals surface area contributed by atoms with Gasteiger partial charge in [0.05, 0.1) is 0 Å². The molecular weight excluding hydrogens is 352 g/mol. The van der Waals surface area contributed by atoms with E-state index in [1.54, 1.807) is 6.92 Å². The van der Waals surface area contributed by atoms with Crippen LogP contribution in [0.15, 0.2) is 45.6 Å². The molecule has 1 aromatic carbocycles. The molecule has 1 aliphatic rings. The molecule has 1 aliphatic heterocycles. The van der Waals surface area contributed by atoms with Crippen molar-refractivity contribution in [2.24, 2.45) is 0 Å². The van der Waals surface area contributed by atoms with Crippen molar-refractivity contribution in [2.45, 2.75) is 25.9 Å². The lowest BCUT2D eigenvalue weighted by atomic mass is 9.95. The standard InChI is InChI=1S/C18H16N4O3S/c1-11-5-3-4-6-13(11)15-19-14(25-21-15)9-22-16(23)18(2,20-17(22)24)12-7-8-26-10-12/h3-8,10H,9H2,1-2H3,(H,20,24)/t18-/m0/s1. The number of amides is 3. The number of rotatable bonds is 4. The highest BCUT2D eigenvalue weighted by atomic mass is 32.1. The van der Waals surface area contributed by atoms with E-state index in [0.29, 0.717) is 5.82 Å². The molecule has 132 valence electrons. The number of aromatic nitrogens is 2. The summed E-state index contributed by atoms with van der Waals surface area (Å²) in [6.07, 6.45) is 0. The number of imide groups is 1. The van der Waals surface area contributed by atoms with Crippen molar-refractivity contribution in [2.75, 3.05) is 0 Å². The summed E-state index contributed by atoms with van der Waals surface area (Å²) in [5.41, 5.74) is 1.55. The summed E-state index contributed by atoms with van der Waals surface area (Å²) in [7, 11) is 0. The Morgan fingerprint density at radius 1 is 1.27 bits per heavy atom. The number of urea groups is 1. The molecule has 1 saturated heterocycles. The van der Waals surface area contributed by atoms with Crippen LogP contribution in [-0.4, -0.2) is 27.0 Å². The number of hydrogen-bond acceptors (Lipinski definition) is 6. The SMILES string of the molecule is Cc1ccccc1-c1noc(CN2C(=O)N[C@@](C)(c3ccsc3)C2=O)n1. The number of nitrogens with zero attached hydrogens (tertiary/aromatic N) is 3. The monoisotopic (exact) mass is 368 g/mol. The van der Waals surface area contributed by atoms with Crippen LogP contribution in [0.4, 0.5) is 4.79 Å². The van der Waals surface area contributed by atoms with Gasteiger partial charge in [-0.25, -0.2) is 4.79 Å². The summed E-state index contributed by atoms with van der Waals surface area (Å²) < 4.78 is 5.26.